The van der Waals surface area contributed by atoms with Gasteiger partial charge in [-0.05, 0) is 31.2 Å². The van der Waals surface area contributed by atoms with Crippen molar-refractivity contribution in [1.29, 1.82) is 0 Å². The number of hydrogen-bond acceptors (Lipinski definition) is 7. The van der Waals surface area contributed by atoms with Gasteiger partial charge in [-0.2, -0.15) is 0 Å². The predicted octanol–water partition coefficient (Wildman–Crippen LogP) is 2.14. The Morgan fingerprint density at radius 3 is 2.58 bits per heavy atom. The van der Waals surface area contributed by atoms with Crippen molar-refractivity contribution in [3.63, 3.8) is 0 Å². The highest BCUT2D eigenvalue weighted by molar-refractivity contribution is 7.91. The average molecular weight is 354 g/mol. The predicted molar refractivity (Wildman–Crippen MR) is 78.7 cm³/mol. The third kappa shape index (κ3) is 3.38. The number of nitro groups is 1. The first-order chi connectivity index (χ1) is 11.3. The molecule has 2 aromatic rings. The smallest absolute Gasteiger partial charge is 0.339 e. The van der Waals surface area contributed by atoms with Gasteiger partial charge in [0.1, 0.15) is 12.0 Å². The largest absolute Gasteiger partial charge is 0.462 e. The van der Waals surface area contributed by atoms with Gasteiger partial charge in [0.15, 0.2) is 5.03 Å². The summed E-state index contributed by atoms with van der Waals surface area (Å²) >= 11 is 0. The lowest BCUT2D eigenvalue weighted by atomic mass is 10.2. The van der Waals surface area contributed by atoms with Crippen LogP contribution >= 0.6 is 0 Å². The lowest BCUT2D eigenvalue weighted by molar-refractivity contribution is -0.385. The first-order valence-electron chi connectivity index (χ1n) is 6.59. The van der Waals surface area contributed by atoms with E-state index < -0.39 is 42.2 Å². The Morgan fingerprint density at radius 1 is 1.33 bits per heavy atom. The minimum atomic E-state index is -4.37. The second-order valence-electron chi connectivity index (χ2n) is 4.48. The molecule has 1 heterocycles. The maximum Gasteiger partial charge on any atom is 0.339 e. The highest BCUT2D eigenvalue weighted by Crippen LogP contribution is 2.25. The number of benzene rings is 1. The number of carbonyl (C=O) groups excluding carboxylic acids is 1. The summed E-state index contributed by atoms with van der Waals surface area (Å²) in [5, 5.41) is 10.0. The molecule has 0 bridgehead atoms. The molecule has 0 saturated heterocycles. The molecule has 1 aromatic carbocycles. The Balaban J connectivity index is 2.58. The van der Waals surface area contributed by atoms with Gasteiger partial charge in [-0.3, -0.25) is 10.1 Å². The standard InChI is InChI=1S/C14H11FN2O6S/c1-2-23-14(18)11-5-3-9(15)7-12(11)24(21,22)13-6-4-10(8-16-13)17(19)20/h3-8H,2H2,1H3. The summed E-state index contributed by atoms with van der Waals surface area (Å²) in [6.45, 7) is 1.54. The van der Waals surface area contributed by atoms with Crippen molar-refractivity contribution in [2.45, 2.75) is 16.8 Å². The molecular formula is C14H11FN2O6S. The molecule has 0 aliphatic carbocycles. The van der Waals surface area contributed by atoms with E-state index >= 15 is 0 Å². The lowest BCUT2D eigenvalue weighted by Crippen LogP contribution is -2.13. The number of halogens is 1. The van der Waals surface area contributed by atoms with Gasteiger partial charge in [-0.15, -0.1) is 0 Å². The van der Waals surface area contributed by atoms with E-state index in [4.69, 9.17) is 4.74 Å². The van der Waals surface area contributed by atoms with Gasteiger partial charge < -0.3 is 4.74 Å². The molecule has 0 aliphatic rings. The number of nitrogens with zero attached hydrogens (tertiary/aromatic N) is 2. The molecule has 8 nitrogen and oxygen atoms in total. The maximum atomic E-state index is 13.5. The monoisotopic (exact) mass is 354 g/mol. The average Bonchev–Trinajstić information content (AvgIpc) is 2.55. The van der Waals surface area contributed by atoms with Crippen LogP contribution in [0.25, 0.3) is 0 Å². The molecule has 0 radical (unpaired) electrons. The molecule has 1 aromatic heterocycles. The fourth-order valence-corrected chi connectivity index (χ4v) is 3.22. The molecule has 2 rings (SSSR count). The summed E-state index contributed by atoms with van der Waals surface area (Å²) in [5.74, 6) is -1.80. The van der Waals surface area contributed by atoms with Crippen molar-refractivity contribution in [3.05, 3.63) is 58.0 Å². The van der Waals surface area contributed by atoms with E-state index in [1.807, 2.05) is 0 Å². The van der Waals surface area contributed by atoms with Gasteiger partial charge in [-0.1, -0.05) is 0 Å². The number of sulfone groups is 1. The first-order valence-corrected chi connectivity index (χ1v) is 8.08. The summed E-state index contributed by atoms with van der Waals surface area (Å²) in [5.41, 5.74) is -0.753. The van der Waals surface area contributed by atoms with Crippen LogP contribution < -0.4 is 0 Å². The molecule has 24 heavy (non-hydrogen) atoms. The van der Waals surface area contributed by atoms with Gasteiger partial charge in [0.05, 0.1) is 22.0 Å². The number of rotatable bonds is 5. The van der Waals surface area contributed by atoms with Gasteiger partial charge in [-0.25, -0.2) is 22.6 Å². The topological polar surface area (TPSA) is 116 Å². The molecule has 0 atom stereocenters. The normalized spacial score (nSPS) is 11.1. The van der Waals surface area contributed by atoms with Crippen molar-refractivity contribution in [2.24, 2.45) is 0 Å². The van der Waals surface area contributed by atoms with E-state index in [2.05, 4.69) is 4.98 Å². The highest BCUT2D eigenvalue weighted by atomic mass is 32.2. The Bertz CT molecular complexity index is 896. The zero-order valence-electron chi connectivity index (χ0n) is 12.3. The quantitative estimate of drug-likeness (QED) is 0.459. The Kier molecular flexibility index (Phi) is 4.88. The molecule has 10 heteroatoms. The van der Waals surface area contributed by atoms with Crippen LogP contribution in [0.1, 0.15) is 17.3 Å². The summed E-state index contributed by atoms with van der Waals surface area (Å²) in [6, 6.07) is 4.45. The minimum absolute atomic E-state index is 0.00544. The number of ether oxygens (including phenoxy) is 1. The summed E-state index contributed by atoms with van der Waals surface area (Å²) in [4.78, 5) is 24.6. The van der Waals surface area contributed by atoms with Crippen LogP contribution in [0.15, 0.2) is 46.5 Å². The molecule has 0 saturated carbocycles. The van der Waals surface area contributed by atoms with E-state index in [9.17, 15) is 27.7 Å². The van der Waals surface area contributed by atoms with E-state index in [0.29, 0.717) is 6.07 Å². The van der Waals surface area contributed by atoms with Crippen LogP contribution in [0, 0.1) is 15.9 Å². The molecule has 0 fully saturated rings. The molecule has 0 aliphatic heterocycles. The third-order valence-corrected chi connectivity index (χ3v) is 4.64. The highest BCUT2D eigenvalue weighted by Gasteiger charge is 2.27. The van der Waals surface area contributed by atoms with Crippen molar-refractivity contribution >= 4 is 21.5 Å². The van der Waals surface area contributed by atoms with Crippen molar-refractivity contribution in [1.82, 2.24) is 4.98 Å². The van der Waals surface area contributed by atoms with Crippen LogP contribution in [0.2, 0.25) is 0 Å². The molecule has 126 valence electrons. The van der Waals surface area contributed by atoms with Crippen LogP contribution in [-0.4, -0.2) is 30.9 Å². The van der Waals surface area contributed by atoms with E-state index in [1.165, 1.54) is 6.92 Å². The van der Waals surface area contributed by atoms with Crippen LogP contribution in [0.3, 0.4) is 0 Å². The maximum absolute atomic E-state index is 13.5. The van der Waals surface area contributed by atoms with E-state index in [0.717, 1.165) is 30.5 Å². The van der Waals surface area contributed by atoms with Gasteiger partial charge >= 0.3 is 5.97 Å². The Hall–Kier alpha value is -2.88. The first kappa shape index (κ1) is 17.5. The van der Waals surface area contributed by atoms with Crippen LogP contribution in [0.5, 0.6) is 0 Å². The summed E-state index contributed by atoms with van der Waals surface area (Å²) in [6.07, 6.45) is 0.760. The number of carbonyl (C=O) groups is 1. The second kappa shape index (κ2) is 6.71. The van der Waals surface area contributed by atoms with E-state index in [1.54, 1.807) is 0 Å². The number of aromatic nitrogens is 1. The number of pyridine rings is 1. The molecule has 0 spiro atoms. The van der Waals surface area contributed by atoms with Crippen molar-refractivity contribution in [2.75, 3.05) is 6.61 Å². The third-order valence-electron chi connectivity index (χ3n) is 2.94. The molecular weight excluding hydrogens is 343 g/mol. The SMILES string of the molecule is CCOC(=O)c1ccc(F)cc1S(=O)(=O)c1ccc([N+](=O)[O-])cn1. The Labute approximate surface area is 136 Å². The number of esters is 1. The van der Waals surface area contributed by atoms with Gasteiger partial charge in [0.25, 0.3) is 5.69 Å². The van der Waals surface area contributed by atoms with E-state index in [-0.39, 0.29) is 12.2 Å². The lowest BCUT2D eigenvalue weighted by Gasteiger charge is -2.09. The van der Waals surface area contributed by atoms with Gasteiger partial charge in [0, 0.05) is 6.07 Å². The zero-order valence-corrected chi connectivity index (χ0v) is 13.1. The van der Waals surface area contributed by atoms with Gasteiger partial charge in [0.2, 0.25) is 9.84 Å². The second-order valence-corrected chi connectivity index (χ2v) is 6.34. The zero-order chi connectivity index (χ0) is 17.9. The van der Waals surface area contributed by atoms with Crippen molar-refractivity contribution < 1.29 is 27.3 Å². The molecule has 0 amide bonds. The van der Waals surface area contributed by atoms with Crippen molar-refractivity contribution in [3.8, 4) is 0 Å². The molecule has 0 unspecified atom stereocenters. The summed E-state index contributed by atoms with van der Waals surface area (Å²) in [7, 11) is -4.37. The Morgan fingerprint density at radius 2 is 2.04 bits per heavy atom. The van der Waals surface area contributed by atoms with Crippen LogP contribution in [0.4, 0.5) is 10.1 Å². The molecule has 0 N–H and O–H groups in total. The fraction of sp³-hybridized carbons (Fsp3) is 0.143. The minimum Gasteiger partial charge on any atom is -0.462 e. The fourth-order valence-electron chi connectivity index (χ4n) is 1.85. The summed E-state index contributed by atoms with van der Waals surface area (Å²) < 4.78 is 43.4. The van der Waals surface area contributed by atoms with Crippen LogP contribution in [-0.2, 0) is 14.6 Å². The number of hydrogen-bond donors (Lipinski definition) is 0.